The molecule has 0 spiro atoms. The van der Waals surface area contributed by atoms with E-state index in [-0.39, 0.29) is 5.91 Å². The minimum Gasteiger partial charge on any atom is -0.497 e. The molecule has 1 heterocycles. The minimum atomic E-state index is -0.603. The summed E-state index contributed by atoms with van der Waals surface area (Å²) in [6, 6.07) is 6.34. The molecule has 0 aliphatic carbocycles. The normalized spacial score (nSPS) is 19.2. The number of hydrogen-bond donors (Lipinski definition) is 2. The second-order valence-electron chi connectivity index (χ2n) is 3.58. The maximum absolute atomic E-state index is 11.3. The molecule has 88 valence electrons. The van der Waals surface area contributed by atoms with Crippen molar-refractivity contribution in [3.05, 3.63) is 35.9 Å². The van der Waals surface area contributed by atoms with Crippen molar-refractivity contribution in [2.75, 3.05) is 7.11 Å². The summed E-state index contributed by atoms with van der Waals surface area (Å²) in [6.45, 7) is 0. The van der Waals surface area contributed by atoms with Gasteiger partial charge in [-0.05, 0) is 17.7 Å². The number of rotatable bonds is 3. The van der Waals surface area contributed by atoms with Gasteiger partial charge in [0.25, 0.3) is 5.91 Å². The van der Waals surface area contributed by atoms with Gasteiger partial charge in [0.2, 0.25) is 0 Å². The van der Waals surface area contributed by atoms with Crippen molar-refractivity contribution in [2.45, 2.75) is 6.04 Å². The largest absolute Gasteiger partial charge is 0.497 e. The van der Waals surface area contributed by atoms with Crippen molar-refractivity contribution in [3.8, 4) is 5.75 Å². The van der Waals surface area contributed by atoms with Crippen molar-refractivity contribution in [1.82, 2.24) is 10.6 Å². The van der Waals surface area contributed by atoms with Crippen molar-refractivity contribution in [3.63, 3.8) is 0 Å². The molecule has 1 aromatic carbocycles. The fourth-order valence-electron chi connectivity index (χ4n) is 1.52. The van der Waals surface area contributed by atoms with E-state index in [0.717, 1.165) is 11.3 Å². The van der Waals surface area contributed by atoms with Crippen LogP contribution in [0.1, 0.15) is 5.56 Å². The number of hydrogen-bond acceptors (Lipinski definition) is 3. The molecule has 1 aliphatic heterocycles. The van der Waals surface area contributed by atoms with Gasteiger partial charge in [-0.1, -0.05) is 24.3 Å². The molecule has 2 rings (SSSR count). The van der Waals surface area contributed by atoms with Crippen molar-refractivity contribution in [1.29, 1.82) is 0 Å². The van der Waals surface area contributed by atoms with Gasteiger partial charge in [0.15, 0.2) is 0 Å². The molecule has 1 unspecified atom stereocenters. The van der Waals surface area contributed by atoms with Crippen LogP contribution in [-0.2, 0) is 4.79 Å². The number of ether oxygens (including phenoxy) is 1. The minimum absolute atomic E-state index is 0.339. The van der Waals surface area contributed by atoms with Crippen LogP contribution in [0.4, 0.5) is 4.79 Å². The van der Waals surface area contributed by atoms with Gasteiger partial charge < -0.3 is 10.1 Å². The highest BCUT2D eigenvalue weighted by atomic mass is 16.5. The Hall–Kier alpha value is -2.30. The lowest BCUT2D eigenvalue weighted by molar-refractivity contribution is -0.119. The molecule has 0 radical (unpaired) electrons. The second kappa shape index (κ2) is 4.69. The molecule has 1 fully saturated rings. The van der Waals surface area contributed by atoms with E-state index in [2.05, 4.69) is 10.6 Å². The first-order chi connectivity index (χ1) is 8.19. The van der Waals surface area contributed by atoms with E-state index in [1.54, 1.807) is 19.3 Å². The Morgan fingerprint density at radius 1 is 1.35 bits per heavy atom. The first-order valence-corrected chi connectivity index (χ1v) is 5.12. The van der Waals surface area contributed by atoms with Gasteiger partial charge in [-0.25, -0.2) is 4.79 Å². The second-order valence-corrected chi connectivity index (χ2v) is 3.58. The highest BCUT2D eigenvalue weighted by Gasteiger charge is 2.26. The number of carbonyl (C=O) groups excluding carboxylic acids is 2. The molecular weight excluding hydrogens is 220 g/mol. The molecule has 1 atom stereocenters. The van der Waals surface area contributed by atoms with Gasteiger partial charge in [0.05, 0.1) is 7.11 Å². The molecule has 0 saturated carbocycles. The van der Waals surface area contributed by atoms with Crippen LogP contribution in [0.2, 0.25) is 0 Å². The summed E-state index contributed by atoms with van der Waals surface area (Å²) in [7, 11) is 1.59. The summed E-state index contributed by atoms with van der Waals surface area (Å²) in [5.74, 6) is 0.404. The lowest BCUT2D eigenvalue weighted by Crippen LogP contribution is -2.26. The van der Waals surface area contributed by atoms with Crippen LogP contribution < -0.4 is 15.4 Å². The lowest BCUT2D eigenvalue weighted by Gasteiger charge is -2.01. The zero-order valence-corrected chi connectivity index (χ0v) is 9.27. The molecule has 0 aromatic heterocycles. The van der Waals surface area contributed by atoms with E-state index in [4.69, 9.17) is 4.74 Å². The van der Waals surface area contributed by atoms with Gasteiger partial charge in [-0.3, -0.25) is 10.1 Å². The number of urea groups is 1. The maximum atomic E-state index is 11.3. The van der Waals surface area contributed by atoms with Gasteiger partial charge in [0, 0.05) is 0 Å². The summed E-state index contributed by atoms with van der Waals surface area (Å²) in [5, 5.41) is 4.65. The van der Waals surface area contributed by atoms with Crippen molar-refractivity contribution >= 4 is 18.0 Å². The SMILES string of the molecule is COc1cccc(C=CC2NC(=O)NC2=O)c1. The summed E-state index contributed by atoms with van der Waals surface area (Å²) in [5.41, 5.74) is 0.901. The number of nitrogens with one attached hydrogen (secondary N) is 2. The Morgan fingerprint density at radius 3 is 2.82 bits per heavy atom. The summed E-state index contributed by atoms with van der Waals surface area (Å²) in [4.78, 5) is 22.1. The predicted molar refractivity (Wildman–Crippen MR) is 62.5 cm³/mol. The maximum Gasteiger partial charge on any atom is 0.322 e. The fraction of sp³-hybridized carbons (Fsp3) is 0.167. The third-order valence-electron chi connectivity index (χ3n) is 2.38. The van der Waals surface area contributed by atoms with Crippen LogP contribution in [0.5, 0.6) is 5.75 Å². The Morgan fingerprint density at radius 2 is 2.18 bits per heavy atom. The van der Waals surface area contributed by atoms with E-state index < -0.39 is 12.1 Å². The van der Waals surface area contributed by atoms with Gasteiger partial charge in [0.1, 0.15) is 11.8 Å². The summed E-state index contributed by atoms with van der Waals surface area (Å²) < 4.78 is 5.08. The molecule has 1 saturated heterocycles. The van der Waals surface area contributed by atoms with Gasteiger partial charge >= 0.3 is 6.03 Å². The van der Waals surface area contributed by atoms with Crippen LogP contribution in [-0.4, -0.2) is 25.1 Å². The molecule has 1 aromatic rings. The third kappa shape index (κ3) is 2.63. The van der Waals surface area contributed by atoms with Crippen molar-refractivity contribution < 1.29 is 14.3 Å². The highest BCUT2D eigenvalue weighted by Crippen LogP contribution is 2.14. The van der Waals surface area contributed by atoms with Crippen LogP contribution in [0.25, 0.3) is 6.08 Å². The average molecular weight is 232 g/mol. The Balaban J connectivity index is 2.09. The molecule has 2 N–H and O–H groups in total. The van der Waals surface area contributed by atoms with Crippen LogP contribution in [0.3, 0.4) is 0 Å². The first kappa shape index (κ1) is 11.2. The monoisotopic (exact) mass is 232 g/mol. The number of methoxy groups -OCH3 is 1. The first-order valence-electron chi connectivity index (χ1n) is 5.12. The van der Waals surface area contributed by atoms with Crippen LogP contribution in [0, 0.1) is 0 Å². The Labute approximate surface area is 98.5 Å². The third-order valence-corrected chi connectivity index (χ3v) is 2.38. The fourth-order valence-corrected chi connectivity index (χ4v) is 1.52. The zero-order valence-electron chi connectivity index (χ0n) is 9.27. The topological polar surface area (TPSA) is 67.4 Å². The molecular formula is C12H12N2O3. The lowest BCUT2D eigenvalue weighted by atomic mass is 10.1. The molecule has 5 nitrogen and oxygen atoms in total. The number of carbonyl (C=O) groups is 2. The Kier molecular flexibility index (Phi) is 3.09. The standard InChI is InChI=1S/C12H12N2O3/c1-17-9-4-2-3-8(7-9)5-6-10-11(15)14-12(16)13-10/h2-7,10H,1H3,(H2,13,14,15,16). The molecule has 5 heteroatoms. The summed E-state index contributed by atoms with van der Waals surface area (Å²) in [6.07, 6.45) is 3.40. The molecule has 0 bridgehead atoms. The van der Waals surface area contributed by atoms with Gasteiger partial charge in [-0.15, -0.1) is 0 Å². The van der Waals surface area contributed by atoms with Gasteiger partial charge in [-0.2, -0.15) is 0 Å². The number of amides is 3. The summed E-state index contributed by atoms with van der Waals surface area (Å²) >= 11 is 0. The number of imide groups is 1. The van der Waals surface area contributed by atoms with E-state index in [1.165, 1.54) is 0 Å². The highest BCUT2D eigenvalue weighted by molar-refractivity contribution is 6.05. The Bertz CT molecular complexity index is 482. The zero-order chi connectivity index (χ0) is 12.3. The smallest absolute Gasteiger partial charge is 0.322 e. The van der Waals surface area contributed by atoms with Crippen LogP contribution >= 0.6 is 0 Å². The quantitative estimate of drug-likeness (QED) is 0.761. The average Bonchev–Trinajstić information content (AvgIpc) is 2.65. The van der Waals surface area contributed by atoms with E-state index in [9.17, 15) is 9.59 Å². The van der Waals surface area contributed by atoms with E-state index in [0.29, 0.717) is 0 Å². The van der Waals surface area contributed by atoms with Crippen molar-refractivity contribution in [2.24, 2.45) is 0 Å². The molecule has 3 amide bonds. The number of benzene rings is 1. The van der Waals surface area contributed by atoms with Crippen LogP contribution in [0.15, 0.2) is 30.3 Å². The predicted octanol–water partition coefficient (Wildman–Crippen LogP) is 0.916. The van der Waals surface area contributed by atoms with E-state index >= 15 is 0 Å². The molecule has 17 heavy (non-hydrogen) atoms. The van der Waals surface area contributed by atoms with E-state index in [1.807, 2.05) is 24.3 Å². The molecule has 1 aliphatic rings.